The molecule has 0 saturated heterocycles. The molecule has 0 radical (unpaired) electrons. The summed E-state index contributed by atoms with van der Waals surface area (Å²) in [4.78, 5) is 10.8. The van der Waals surface area contributed by atoms with E-state index in [-0.39, 0.29) is 19.0 Å². The number of carbonyl (C=O) groups is 1. The normalized spacial score (nSPS) is 9.73. The Kier molecular flexibility index (Phi) is 4.24. The van der Waals surface area contributed by atoms with Crippen molar-refractivity contribution in [1.82, 2.24) is 0 Å². The third-order valence-electron chi connectivity index (χ3n) is 1.75. The van der Waals surface area contributed by atoms with Gasteiger partial charge in [0.25, 0.3) is 0 Å². The molecule has 0 unspecified atom stereocenters. The van der Waals surface area contributed by atoms with Gasteiger partial charge in [0.05, 0.1) is 25.2 Å². The third kappa shape index (κ3) is 3.67. The van der Waals surface area contributed by atoms with Gasteiger partial charge in [0.1, 0.15) is 5.75 Å². The number of carbonyl (C=O) groups excluding carboxylic acids is 1. The van der Waals surface area contributed by atoms with Crippen molar-refractivity contribution in [3.63, 3.8) is 0 Å². The average Bonchev–Trinajstić information content (AvgIpc) is 2.23. The Bertz CT molecular complexity index is 355. The summed E-state index contributed by atoms with van der Waals surface area (Å²) in [5.74, 6) is 0.149. The molecule has 1 rings (SSSR count). The Labute approximate surface area is 92.9 Å². The van der Waals surface area contributed by atoms with Crippen molar-refractivity contribution in [2.45, 2.75) is 6.42 Å². The smallest absolute Gasteiger partial charge is 0.308 e. The topological polar surface area (TPSA) is 61.5 Å². The molecule has 1 aromatic carbocycles. The van der Waals surface area contributed by atoms with Crippen LogP contribution in [0.25, 0.3) is 0 Å². The molecule has 0 atom stereocenters. The number of halogens is 1. The summed E-state index contributed by atoms with van der Waals surface area (Å²) in [5, 5.41) is 0.467. The van der Waals surface area contributed by atoms with Crippen LogP contribution in [0.4, 0.5) is 5.69 Å². The zero-order valence-electron chi connectivity index (χ0n) is 8.33. The minimum Gasteiger partial charge on any atom is -0.491 e. The van der Waals surface area contributed by atoms with Gasteiger partial charge in [-0.15, -0.1) is 0 Å². The fourth-order valence-electron chi connectivity index (χ4n) is 0.977. The highest BCUT2D eigenvalue weighted by atomic mass is 35.5. The number of anilines is 1. The van der Waals surface area contributed by atoms with Gasteiger partial charge in [0.15, 0.2) is 0 Å². The highest BCUT2D eigenvalue weighted by Gasteiger charge is 2.04. The highest BCUT2D eigenvalue weighted by molar-refractivity contribution is 6.32. The summed E-state index contributed by atoms with van der Waals surface area (Å²) in [7, 11) is 1.33. The molecule has 1 aromatic rings. The Hall–Kier alpha value is -1.42. The lowest BCUT2D eigenvalue weighted by atomic mass is 10.3. The second-order valence-corrected chi connectivity index (χ2v) is 3.27. The van der Waals surface area contributed by atoms with Gasteiger partial charge < -0.3 is 15.2 Å². The molecule has 4 nitrogen and oxygen atoms in total. The van der Waals surface area contributed by atoms with E-state index in [0.29, 0.717) is 16.5 Å². The molecular weight excluding hydrogens is 218 g/mol. The zero-order chi connectivity index (χ0) is 11.3. The van der Waals surface area contributed by atoms with Crippen LogP contribution in [0.5, 0.6) is 5.75 Å². The minimum atomic E-state index is -0.324. The van der Waals surface area contributed by atoms with Gasteiger partial charge in [-0.2, -0.15) is 0 Å². The Morgan fingerprint density at radius 2 is 2.27 bits per heavy atom. The van der Waals surface area contributed by atoms with Crippen molar-refractivity contribution in [3.05, 3.63) is 23.2 Å². The molecule has 0 heterocycles. The summed E-state index contributed by atoms with van der Waals surface area (Å²) in [5.41, 5.74) is 6.12. The number of methoxy groups -OCH3 is 1. The second kappa shape index (κ2) is 5.46. The summed E-state index contributed by atoms with van der Waals surface area (Å²) >= 11 is 5.85. The molecule has 0 bridgehead atoms. The van der Waals surface area contributed by atoms with Crippen molar-refractivity contribution in [3.8, 4) is 5.75 Å². The maximum absolute atomic E-state index is 10.8. The number of ether oxygens (including phenoxy) is 2. The molecule has 0 aliphatic carbocycles. The van der Waals surface area contributed by atoms with E-state index in [1.807, 2.05) is 0 Å². The van der Waals surface area contributed by atoms with Crippen molar-refractivity contribution in [2.24, 2.45) is 0 Å². The van der Waals surface area contributed by atoms with Gasteiger partial charge in [0, 0.05) is 11.8 Å². The summed E-state index contributed by atoms with van der Waals surface area (Å²) in [6.07, 6.45) is 0.182. The molecule has 0 fully saturated rings. The highest BCUT2D eigenvalue weighted by Crippen LogP contribution is 2.26. The Balaban J connectivity index is 2.50. The summed E-state index contributed by atoms with van der Waals surface area (Å²) in [6.45, 7) is 0.218. The van der Waals surface area contributed by atoms with E-state index in [1.54, 1.807) is 18.2 Å². The van der Waals surface area contributed by atoms with Crippen LogP contribution in [-0.2, 0) is 9.53 Å². The van der Waals surface area contributed by atoms with Crippen LogP contribution in [0.15, 0.2) is 18.2 Å². The first-order chi connectivity index (χ1) is 7.13. The quantitative estimate of drug-likeness (QED) is 0.633. The van der Waals surface area contributed by atoms with E-state index in [1.165, 1.54) is 7.11 Å². The maximum Gasteiger partial charge on any atom is 0.308 e. The van der Waals surface area contributed by atoms with Crippen LogP contribution in [0.1, 0.15) is 6.42 Å². The molecule has 5 heteroatoms. The van der Waals surface area contributed by atoms with Crippen LogP contribution in [0.2, 0.25) is 5.02 Å². The molecule has 0 aromatic heterocycles. The lowest BCUT2D eigenvalue weighted by Gasteiger charge is -2.07. The van der Waals surface area contributed by atoms with Crippen molar-refractivity contribution < 1.29 is 14.3 Å². The average molecular weight is 230 g/mol. The number of nitrogens with two attached hydrogens (primary N) is 1. The van der Waals surface area contributed by atoms with Crippen molar-refractivity contribution in [2.75, 3.05) is 19.5 Å². The predicted molar refractivity (Wildman–Crippen MR) is 58.0 cm³/mol. The molecule has 0 amide bonds. The first-order valence-corrected chi connectivity index (χ1v) is 4.76. The Morgan fingerprint density at radius 1 is 1.53 bits per heavy atom. The van der Waals surface area contributed by atoms with Gasteiger partial charge in [0.2, 0.25) is 0 Å². The van der Waals surface area contributed by atoms with E-state index in [0.717, 1.165) is 0 Å². The standard InChI is InChI=1S/C10H12ClNO3/c1-14-10(13)4-5-15-9-6-7(12)2-3-8(9)11/h2-3,6H,4-5,12H2,1H3. The molecule has 82 valence electrons. The van der Waals surface area contributed by atoms with Gasteiger partial charge in [-0.05, 0) is 12.1 Å². The van der Waals surface area contributed by atoms with Crippen molar-refractivity contribution >= 4 is 23.3 Å². The van der Waals surface area contributed by atoms with Gasteiger partial charge >= 0.3 is 5.97 Å². The number of nitrogen functional groups attached to an aromatic ring is 1. The number of hydrogen-bond acceptors (Lipinski definition) is 4. The monoisotopic (exact) mass is 229 g/mol. The molecule has 0 aliphatic heterocycles. The summed E-state index contributed by atoms with van der Waals surface area (Å²) in [6, 6.07) is 4.93. The van der Waals surface area contributed by atoms with E-state index in [2.05, 4.69) is 4.74 Å². The van der Waals surface area contributed by atoms with E-state index < -0.39 is 0 Å². The second-order valence-electron chi connectivity index (χ2n) is 2.86. The zero-order valence-corrected chi connectivity index (χ0v) is 9.08. The first kappa shape index (κ1) is 11.7. The lowest BCUT2D eigenvalue weighted by Crippen LogP contribution is -2.07. The van der Waals surface area contributed by atoms with Gasteiger partial charge in [-0.1, -0.05) is 11.6 Å². The van der Waals surface area contributed by atoms with Crippen molar-refractivity contribution in [1.29, 1.82) is 0 Å². The lowest BCUT2D eigenvalue weighted by molar-refractivity contribution is -0.141. The maximum atomic E-state index is 10.8. The van der Waals surface area contributed by atoms with E-state index in [4.69, 9.17) is 22.1 Å². The summed E-state index contributed by atoms with van der Waals surface area (Å²) < 4.78 is 9.74. The molecule has 0 aliphatic rings. The molecule has 2 N–H and O–H groups in total. The van der Waals surface area contributed by atoms with Crippen LogP contribution < -0.4 is 10.5 Å². The molecule has 15 heavy (non-hydrogen) atoms. The Morgan fingerprint density at radius 3 is 2.93 bits per heavy atom. The fourth-order valence-corrected chi connectivity index (χ4v) is 1.15. The molecular formula is C10H12ClNO3. The number of benzene rings is 1. The fraction of sp³-hybridized carbons (Fsp3) is 0.300. The van der Waals surface area contributed by atoms with Crippen LogP contribution in [0, 0.1) is 0 Å². The minimum absolute atomic E-state index is 0.182. The number of hydrogen-bond donors (Lipinski definition) is 1. The van der Waals surface area contributed by atoms with Crippen LogP contribution >= 0.6 is 11.6 Å². The molecule has 0 spiro atoms. The van der Waals surface area contributed by atoms with Gasteiger partial charge in [-0.25, -0.2) is 0 Å². The van der Waals surface area contributed by atoms with Crippen LogP contribution in [0.3, 0.4) is 0 Å². The van der Waals surface area contributed by atoms with Gasteiger partial charge in [-0.3, -0.25) is 4.79 Å². The predicted octanol–water partition coefficient (Wildman–Crippen LogP) is 1.86. The number of rotatable bonds is 4. The SMILES string of the molecule is COC(=O)CCOc1cc(N)ccc1Cl. The van der Waals surface area contributed by atoms with Crippen LogP contribution in [-0.4, -0.2) is 19.7 Å². The first-order valence-electron chi connectivity index (χ1n) is 4.38. The van der Waals surface area contributed by atoms with E-state index >= 15 is 0 Å². The molecule has 0 saturated carbocycles. The number of esters is 1. The van der Waals surface area contributed by atoms with E-state index in [9.17, 15) is 4.79 Å². The largest absolute Gasteiger partial charge is 0.491 e. The third-order valence-corrected chi connectivity index (χ3v) is 2.06.